The van der Waals surface area contributed by atoms with E-state index < -0.39 is 0 Å². The van der Waals surface area contributed by atoms with Crippen LogP contribution in [0.25, 0.3) is 0 Å². The van der Waals surface area contributed by atoms with Crippen molar-refractivity contribution in [1.29, 1.82) is 5.26 Å². The zero-order chi connectivity index (χ0) is 12.8. The van der Waals surface area contributed by atoms with Gasteiger partial charge in [-0.05, 0) is 50.2 Å². The molecule has 1 aliphatic rings. The Kier molecular flexibility index (Phi) is 4.98. The van der Waals surface area contributed by atoms with E-state index in [-0.39, 0.29) is 5.54 Å². The van der Waals surface area contributed by atoms with E-state index in [1.54, 1.807) is 18.1 Å². The van der Waals surface area contributed by atoms with Crippen molar-refractivity contribution in [3.8, 4) is 6.07 Å². The summed E-state index contributed by atoms with van der Waals surface area (Å²) >= 11 is 3.22. The number of hydrogen-bond acceptors (Lipinski definition) is 6. The molecular formula is C12H18N4S2. The molecule has 1 fully saturated rings. The molecular weight excluding hydrogens is 264 g/mol. The van der Waals surface area contributed by atoms with Crippen molar-refractivity contribution in [2.24, 2.45) is 0 Å². The quantitative estimate of drug-likeness (QED) is 0.899. The summed E-state index contributed by atoms with van der Waals surface area (Å²) in [5.41, 5.74) is -0.323. The molecule has 4 nitrogen and oxygen atoms in total. The van der Waals surface area contributed by atoms with Crippen LogP contribution in [0, 0.1) is 11.3 Å². The molecule has 0 radical (unpaired) electrons. The van der Waals surface area contributed by atoms with Crippen molar-refractivity contribution in [1.82, 2.24) is 14.7 Å². The minimum atomic E-state index is -0.323. The molecule has 0 amide bonds. The number of thioether (sulfide) groups is 1. The van der Waals surface area contributed by atoms with Gasteiger partial charge in [0.15, 0.2) is 4.34 Å². The molecule has 1 N–H and O–H groups in total. The SMILES string of the molecule is CCCNC1(C#N)CCCC(Sc2ncns2)C1. The molecule has 2 atom stereocenters. The highest BCUT2D eigenvalue weighted by Crippen LogP contribution is 2.38. The minimum Gasteiger partial charge on any atom is -0.299 e. The maximum atomic E-state index is 9.46. The van der Waals surface area contributed by atoms with E-state index in [4.69, 9.17) is 0 Å². The Balaban J connectivity index is 1.96. The second-order valence-corrected chi connectivity index (χ2v) is 6.99. The average molecular weight is 282 g/mol. The molecule has 6 heteroatoms. The van der Waals surface area contributed by atoms with E-state index in [2.05, 4.69) is 27.7 Å². The van der Waals surface area contributed by atoms with E-state index in [0.717, 1.165) is 36.6 Å². The summed E-state index contributed by atoms with van der Waals surface area (Å²) in [6.07, 6.45) is 6.83. The van der Waals surface area contributed by atoms with Gasteiger partial charge in [0.1, 0.15) is 11.9 Å². The summed E-state index contributed by atoms with van der Waals surface area (Å²) in [4.78, 5) is 4.21. The largest absolute Gasteiger partial charge is 0.299 e. The fraction of sp³-hybridized carbons (Fsp3) is 0.750. The van der Waals surface area contributed by atoms with Gasteiger partial charge in [-0.1, -0.05) is 18.7 Å². The summed E-state index contributed by atoms with van der Waals surface area (Å²) in [6, 6.07) is 2.50. The van der Waals surface area contributed by atoms with Gasteiger partial charge in [0.05, 0.1) is 6.07 Å². The van der Waals surface area contributed by atoms with Crippen LogP contribution in [0.1, 0.15) is 39.0 Å². The van der Waals surface area contributed by atoms with Crippen molar-refractivity contribution in [2.75, 3.05) is 6.54 Å². The molecule has 1 aliphatic carbocycles. The lowest BCUT2D eigenvalue weighted by molar-refractivity contribution is 0.305. The van der Waals surface area contributed by atoms with E-state index in [9.17, 15) is 5.26 Å². The fourth-order valence-corrected chi connectivity index (χ4v) is 4.38. The van der Waals surface area contributed by atoms with Gasteiger partial charge in [0.2, 0.25) is 0 Å². The molecule has 1 aromatic rings. The molecule has 98 valence electrons. The van der Waals surface area contributed by atoms with Gasteiger partial charge in [-0.3, -0.25) is 5.32 Å². The lowest BCUT2D eigenvalue weighted by atomic mass is 9.82. The van der Waals surface area contributed by atoms with Gasteiger partial charge in [-0.2, -0.15) is 9.64 Å². The third-order valence-corrected chi connectivity index (χ3v) is 5.26. The van der Waals surface area contributed by atoms with Crippen molar-refractivity contribution >= 4 is 23.3 Å². The Labute approximate surface area is 116 Å². The average Bonchev–Trinajstić information content (AvgIpc) is 2.90. The zero-order valence-electron chi connectivity index (χ0n) is 10.6. The number of nitrogens with zero attached hydrogens (tertiary/aromatic N) is 3. The summed E-state index contributed by atoms with van der Waals surface area (Å²) < 4.78 is 5.04. The second-order valence-electron chi connectivity index (χ2n) is 4.66. The van der Waals surface area contributed by atoms with Crippen molar-refractivity contribution in [2.45, 2.75) is 54.2 Å². The van der Waals surface area contributed by atoms with Gasteiger partial charge >= 0.3 is 0 Å². The number of aromatic nitrogens is 2. The predicted octanol–water partition coefficient (Wildman–Crippen LogP) is 2.83. The molecule has 0 aliphatic heterocycles. The predicted molar refractivity (Wildman–Crippen MR) is 74.7 cm³/mol. The summed E-state index contributed by atoms with van der Waals surface area (Å²) in [7, 11) is 0. The maximum absolute atomic E-state index is 9.46. The number of nitrogens with one attached hydrogen (secondary N) is 1. The topological polar surface area (TPSA) is 61.6 Å². The number of nitriles is 1. The Morgan fingerprint density at radius 2 is 2.61 bits per heavy atom. The first-order chi connectivity index (χ1) is 8.78. The van der Waals surface area contributed by atoms with E-state index >= 15 is 0 Å². The highest BCUT2D eigenvalue weighted by molar-refractivity contribution is 8.01. The monoisotopic (exact) mass is 282 g/mol. The molecule has 2 rings (SSSR count). The van der Waals surface area contributed by atoms with E-state index in [1.807, 2.05) is 0 Å². The lowest BCUT2D eigenvalue weighted by Crippen LogP contribution is -2.48. The Bertz CT molecular complexity index is 401. The van der Waals surface area contributed by atoms with Gasteiger partial charge in [-0.15, -0.1) is 0 Å². The minimum absolute atomic E-state index is 0.323. The first-order valence-corrected chi connectivity index (χ1v) is 8.03. The molecule has 0 spiro atoms. The highest BCUT2D eigenvalue weighted by Gasteiger charge is 2.36. The second kappa shape index (κ2) is 6.50. The van der Waals surface area contributed by atoms with Crippen molar-refractivity contribution < 1.29 is 0 Å². The van der Waals surface area contributed by atoms with Crippen molar-refractivity contribution in [3.63, 3.8) is 0 Å². The third-order valence-electron chi connectivity index (χ3n) is 3.24. The normalized spacial score (nSPS) is 27.9. The fourth-order valence-electron chi connectivity index (χ4n) is 2.35. The van der Waals surface area contributed by atoms with Crippen molar-refractivity contribution in [3.05, 3.63) is 6.33 Å². The van der Waals surface area contributed by atoms with Crippen LogP contribution in [0.5, 0.6) is 0 Å². The first kappa shape index (κ1) is 13.8. The van der Waals surface area contributed by atoms with Crippen LogP contribution in [-0.4, -0.2) is 26.7 Å². The summed E-state index contributed by atoms with van der Waals surface area (Å²) in [5.74, 6) is 0. The van der Waals surface area contributed by atoms with Gasteiger partial charge in [0.25, 0.3) is 0 Å². The number of hydrogen-bond donors (Lipinski definition) is 1. The number of rotatable bonds is 5. The first-order valence-electron chi connectivity index (χ1n) is 6.37. The lowest BCUT2D eigenvalue weighted by Gasteiger charge is -2.35. The third kappa shape index (κ3) is 3.44. The smallest absolute Gasteiger partial charge is 0.170 e. The van der Waals surface area contributed by atoms with Crippen LogP contribution < -0.4 is 5.32 Å². The Hall–Kier alpha value is -0.640. The van der Waals surface area contributed by atoms with Gasteiger partial charge in [0, 0.05) is 5.25 Å². The zero-order valence-corrected chi connectivity index (χ0v) is 12.2. The van der Waals surface area contributed by atoms with Crippen LogP contribution in [0.15, 0.2) is 10.7 Å². The molecule has 1 saturated carbocycles. The Morgan fingerprint density at radius 3 is 3.28 bits per heavy atom. The van der Waals surface area contributed by atoms with Crippen LogP contribution >= 0.6 is 23.3 Å². The van der Waals surface area contributed by atoms with Crippen LogP contribution in [0.4, 0.5) is 0 Å². The molecule has 0 aromatic carbocycles. The molecule has 1 aromatic heterocycles. The maximum Gasteiger partial charge on any atom is 0.170 e. The molecule has 18 heavy (non-hydrogen) atoms. The highest BCUT2D eigenvalue weighted by atomic mass is 32.2. The van der Waals surface area contributed by atoms with E-state index in [0.29, 0.717) is 5.25 Å². The van der Waals surface area contributed by atoms with Crippen LogP contribution in [0.3, 0.4) is 0 Å². The van der Waals surface area contributed by atoms with E-state index in [1.165, 1.54) is 18.0 Å². The van der Waals surface area contributed by atoms with Gasteiger partial charge in [-0.25, -0.2) is 4.98 Å². The molecule has 1 heterocycles. The molecule has 0 bridgehead atoms. The van der Waals surface area contributed by atoms with Crippen LogP contribution in [0.2, 0.25) is 0 Å². The molecule has 0 saturated heterocycles. The van der Waals surface area contributed by atoms with Gasteiger partial charge < -0.3 is 0 Å². The standard InChI is InChI=1S/C12H18N4S2/c1-2-6-15-12(8-13)5-3-4-10(7-12)17-11-14-9-16-18-11/h9-10,15H,2-7H2,1H3. The molecule has 2 unspecified atom stereocenters. The summed E-state index contributed by atoms with van der Waals surface area (Å²) in [5, 5.41) is 13.4. The summed E-state index contributed by atoms with van der Waals surface area (Å²) in [6.45, 7) is 3.05. The Morgan fingerprint density at radius 1 is 1.72 bits per heavy atom. The van der Waals surface area contributed by atoms with Crippen LogP contribution in [-0.2, 0) is 0 Å².